The average molecular weight is 134 g/mol. The van der Waals surface area contributed by atoms with E-state index in [9.17, 15) is 17.4 Å². The van der Waals surface area contributed by atoms with Crippen molar-refractivity contribution in [3.8, 4) is 0 Å². The van der Waals surface area contributed by atoms with E-state index in [1.807, 2.05) is 0 Å². The van der Waals surface area contributed by atoms with E-state index in [0.29, 0.717) is 0 Å². The van der Waals surface area contributed by atoms with Gasteiger partial charge < -0.3 is 8.63 Å². The summed E-state index contributed by atoms with van der Waals surface area (Å²) in [5, 5.41) is 0. The van der Waals surface area contributed by atoms with Crippen LogP contribution in [0.15, 0.2) is 17.2 Å². The van der Waals surface area contributed by atoms with Crippen molar-refractivity contribution in [3.05, 3.63) is 17.2 Å². The molecule has 0 nitrogen and oxygen atoms in total. The zero-order valence-electron chi connectivity index (χ0n) is 4.17. The molecule has 0 aliphatic carbocycles. The molecule has 1 heterocycles. The minimum Gasteiger partial charge on any atom is -0.331 e. The quantitative estimate of drug-likeness (QED) is 0.266. The first-order valence-electron chi connectivity index (χ1n) is 2.23. The van der Waals surface area contributed by atoms with Crippen LogP contribution in [0.5, 0.6) is 0 Å². The summed E-state index contributed by atoms with van der Waals surface area (Å²) in [6, 6.07) is 0. The van der Waals surface area contributed by atoms with Gasteiger partial charge in [-0.1, -0.05) is 5.73 Å². The van der Waals surface area contributed by atoms with Crippen LogP contribution in [0.2, 0.25) is 0 Å². The van der Waals surface area contributed by atoms with Gasteiger partial charge in [-0.15, -0.1) is 0 Å². The second-order valence-electron chi connectivity index (χ2n) is 1.62. The predicted octanol–water partition coefficient (Wildman–Crippen LogP) is 1.38. The van der Waals surface area contributed by atoms with Gasteiger partial charge in [0.2, 0.25) is 0 Å². The lowest BCUT2D eigenvalue weighted by atomic mass is 9.32. The molecule has 0 spiro atoms. The molecule has 0 bridgehead atoms. The Bertz CT molecular complexity index is 176. The molecule has 0 amide bonds. The normalized spacial score (nSPS) is 18.2. The molecule has 0 N–H and O–H groups in total. The Labute approximate surface area is 49.5 Å². The van der Waals surface area contributed by atoms with Gasteiger partial charge in [0, 0.05) is 0 Å². The number of halogens is 4. The third-order valence-electron chi connectivity index (χ3n) is 0.980. The predicted molar refractivity (Wildman–Crippen MR) is 26.5 cm³/mol. The molecule has 0 aromatic heterocycles. The van der Waals surface area contributed by atoms with Gasteiger partial charge in [-0.25, -0.2) is 8.78 Å². The Kier molecular flexibility index (Phi) is 1.41. The topological polar surface area (TPSA) is 0 Å². The highest BCUT2D eigenvalue weighted by molar-refractivity contribution is 7.22. The minimum absolute atomic E-state index is 1.27. The van der Waals surface area contributed by atoms with Crippen molar-refractivity contribution in [3.63, 3.8) is 0 Å². The number of rotatable bonds is 0. The van der Waals surface area contributed by atoms with Crippen LogP contribution >= 0.6 is 0 Å². The Hall–Kier alpha value is -0.630. The Morgan fingerprint density at radius 2 is 1.33 bits per heavy atom. The lowest BCUT2D eigenvalue weighted by Gasteiger charge is -1.90. The van der Waals surface area contributed by atoms with E-state index in [-0.39, 0.29) is 0 Å². The first-order chi connectivity index (χ1) is 4.13. The fourth-order valence-corrected chi connectivity index (χ4v) is 0.509. The van der Waals surface area contributed by atoms with E-state index >= 15 is 0 Å². The molecule has 0 aromatic rings. The second kappa shape index (κ2) is 1.95. The van der Waals surface area contributed by atoms with Crippen LogP contribution in [0.1, 0.15) is 0 Å². The molecule has 0 aromatic carbocycles. The summed E-state index contributed by atoms with van der Waals surface area (Å²) in [5.74, 6) is 0. The summed E-state index contributed by atoms with van der Waals surface area (Å²) < 4.78 is 47.2. The summed E-state index contributed by atoms with van der Waals surface area (Å²) in [6.45, 7) is -4.96. The van der Waals surface area contributed by atoms with Crippen LogP contribution in [0.3, 0.4) is 0 Å². The van der Waals surface area contributed by atoms with E-state index in [1.165, 1.54) is 5.73 Å². The molecule has 1 rings (SSSR count). The van der Waals surface area contributed by atoms with Gasteiger partial charge >= 0.3 is 13.8 Å². The first kappa shape index (κ1) is 6.49. The maximum Gasteiger partial charge on any atom is 0.435 e. The van der Waals surface area contributed by atoms with E-state index in [4.69, 9.17) is 0 Å². The van der Waals surface area contributed by atoms with Crippen molar-refractivity contribution in [1.29, 1.82) is 0 Å². The smallest absolute Gasteiger partial charge is 0.331 e. The summed E-state index contributed by atoms with van der Waals surface area (Å²) in [6.07, 6.45) is 0. The standard InChI is InChI=1S/C3B2F4/c6-2-1-3(7)5(9)4(2)8. The molecule has 0 atom stereocenters. The summed E-state index contributed by atoms with van der Waals surface area (Å²) in [4.78, 5) is 0. The van der Waals surface area contributed by atoms with Gasteiger partial charge in [-0.3, -0.25) is 0 Å². The summed E-state index contributed by atoms with van der Waals surface area (Å²) in [7, 11) is 0. The van der Waals surface area contributed by atoms with Gasteiger partial charge in [-0.05, 0) is 0 Å². The molecule has 0 radical (unpaired) electrons. The number of hydrogen-bond donors (Lipinski definition) is 0. The number of hydrogen-bond acceptors (Lipinski definition) is 0. The Morgan fingerprint density at radius 1 is 1.00 bits per heavy atom. The highest BCUT2D eigenvalue weighted by Crippen LogP contribution is 2.20. The zero-order chi connectivity index (χ0) is 7.02. The van der Waals surface area contributed by atoms with Crippen molar-refractivity contribution < 1.29 is 17.4 Å². The molecule has 1 aliphatic heterocycles. The molecular formula is C3B2F4. The zero-order valence-corrected chi connectivity index (χ0v) is 4.17. The molecule has 0 unspecified atom stereocenters. The summed E-state index contributed by atoms with van der Waals surface area (Å²) in [5.41, 5.74) is -1.73. The van der Waals surface area contributed by atoms with Crippen LogP contribution in [-0.4, -0.2) is 13.8 Å². The van der Waals surface area contributed by atoms with E-state index in [0.717, 1.165) is 0 Å². The fourth-order valence-electron chi connectivity index (χ4n) is 0.509. The van der Waals surface area contributed by atoms with Crippen LogP contribution in [0.4, 0.5) is 17.4 Å². The molecule has 46 valence electrons. The van der Waals surface area contributed by atoms with E-state index in [2.05, 4.69) is 0 Å². The SMILES string of the molecule is FB1B(F)C(F)=C=C1F. The van der Waals surface area contributed by atoms with Gasteiger partial charge in [0.25, 0.3) is 0 Å². The highest BCUT2D eigenvalue weighted by atomic mass is 19.2. The van der Waals surface area contributed by atoms with Crippen molar-refractivity contribution in [2.75, 3.05) is 0 Å². The lowest BCUT2D eigenvalue weighted by molar-refractivity contribution is 0.662. The van der Waals surface area contributed by atoms with Crippen LogP contribution in [0.25, 0.3) is 0 Å². The van der Waals surface area contributed by atoms with Crippen molar-refractivity contribution >= 4 is 13.8 Å². The van der Waals surface area contributed by atoms with E-state index in [1.54, 1.807) is 0 Å². The third-order valence-corrected chi connectivity index (χ3v) is 0.980. The summed E-state index contributed by atoms with van der Waals surface area (Å²) >= 11 is 0. The first-order valence-corrected chi connectivity index (χ1v) is 2.23. The largest absolute Gasteiger partial charge is 0.435 e. The highest BCUT2D eigenvalue weighted by Gasteiger charge is 2.45. The molecule has 6 heteroatoms. The monoisotopic (exact) mass is 134 g/mol. The molecule has 0 saturated carbocycles. The van der Waals surface area contributed by atoms with Crippen molar-refractivity contribution in [2.45, 2.75) is 0 Å². The van der Waals surface area contributed by atoms with Crippen LogP contribution in [-0.2, 0) is 0 Å². The molecule has 1 aliphatic rings. The molecule has 9 heavy (non-hydrogen) atoms. The van der Waals surface area contributed by atoms with Crippen LogP contribution in [0, 0.1) is 0 Å². The molecule has 0 saturated heterocycles. The Balaban J connectivity index is 2.88. The second-order valence-corrected chi connectivity index (χ2v) is 1.62. The molecule has 0 fully saturated rings. The maximum atomic E-state index is 11.9. The lowest BCUT2D eigenvalue weighted by Crippen LogP contribution is -2.25. The third kappa shape index (κ3) is 0.900. The van der Waals surface area contributed by atoms with Gasteiger partial charge in [0.1, 0.15) is 11.5 Å². The maximum absolute atomic E-state index is 11.9. The van der Waals surface area contributed by atoms with E-state index < -0.39 is 25.2 Å². The van der Waals surface area contributed by atoms with Crippen molar-refractivity contribution in [2.24, 2.45) is 0 Å². The fraction of sp³-hybridized carbons (Fsp3) is 0. The van der Waals surface area contributed by atoms with Crippen molar-refractivity contribution in [1.82, 2.24) is 0 Å². The average Bonchev–Trinajstić information content (AvgIpc) is 1.98. The minimum atomic E-state index is -2.48. The van der Waals surface area contributed by atoms with Gasteiger partial charge in [0.15, 0.2) is 0 Å². The van der Waals surface area contributed by atoms with Crippen LogP contribution < -0.4 is 0 Å². The Morgan fingerprint density at radius 3 is 1.44 bits per heavy atom. The molecular weight excluding hydrogens is 134 g/mol. The van der Waals surface area contributed by atoms with Gasteiger partial charge in [0.05, 0.1) is 0 Å². The van der Waals surface area contributed by atoms with Gasteiger partial charge in [-0.2, -0.15) is 0 Å².